The summed E-state index contributed by atoms with van der Waals surface area (Å²) in [6.07, 6.45) is 1.37. The molecular formula is C17H13F2NO3S. The molecule has 0 aliphatic carbocycles. The Morgan fingerprint density at radius 3 is 2.29 bits per heavy atom. The Morgan fingerprint density at radius 1 is 1.04 bits per heavy atom. The summed E-state index contributed by atoms with van der Waals surface area (Å²) >= 11 is 0. The zero-order chi connectivity index (χ0) is 17.3. The van der Waals surface area contributed by atoms with Crippen molar-refractivity contribution < 1.29 is 22.0 Å². The minimum atomic E-state index is -3.42. The van der Waals surface area contributed by atoms with Gasteiger partial charge in [-0.05, 0) is 42.5 Å². The predicted octanol–water partition coefficient (Wildman–Crippen LogP) is 2.92. The monoisotopic (exact) mass is 349 g/mol. The molecule has 1 amide bonds. The second-order valence-corrected chi connectivity index (χ2v) is 7.29. The van der Waals surface area contributed by atoms with E-state index in [0.717, 1.165) is 23.6 Å². The molecule has 1 atom stereocenters. The van der Waals surface area contributed by atoms with Gasteiger partial charge in [-0.1, -0.05) is 12.1 Å². The number of carbonyl (C=O) groups excluding carboxylic acids is 1. The van der Waals surface area contributed by atoms with Gasteiger partial charge in [0.05, 0.1) is 17.4 Å². The molecule has 3 rings (SSSR count). The molecule has 1 aliphatic heterocycles. The molecule has 4 nitrogen and oxygen atoms in total. The van der Waals surface area contributed by atoms with E-state index in [2.05, 4.69) is 0 Å². The molecule has 1 aliphatic rings. The number of sulfone groups is 1. The summed E-state index contributed by atoms with van der Waals surface area (Å²) in [4.78, 5) is 14.0. The molecule has 0 saturated carbocycles. The fourth-order valence-electron chi connectivity index (χ4n) is 2.55. The first-order valence-electron chi connectivity index (χ1n) is 7.12. The molecule has 0 saturated heterocycles. The molecule has 1 heterocycles. The molecule has 24 heavy (non-hydrogen) atoms. The number of hydrogen-bond donors (Lipinski definition) is 0. The lowest BCUT2D eigenvalue weighted by Crippen LogP contribution is -2.41. The normalized spacial score (nSPS) is 18.5. The van der Waals surface area contributed by atoms with E-state index in [4.69, 9.17) is 0 Å². The minimum Gasteiger partial charge on any atom is -0.300 e. The Labute approximate surface area is 137 Å². The van der Waals surface area contributed by atoms with Crippen molar-refractivity contribution in [3.05, 3.63) is 77.2 Å². The molecular weight excluding hydrogens is 336 g/mol. The maximum absolute atomic E-state index is 14.0. The van der Waals surface area contributed by atoms with Crippen molar-refractivity contribution in [2.45, 2.75) is 6.04 Å². The van der Waals surface area contributed by atoms with Crippen molar-refractivity contribution >= 4 is 21.4 Å². The van der Waals surface area contributed by atoms with E-state index in [1.54, 1.807) is 0 Å². The average molecular weight is 349 g/mol. The van der Waals surface area contributed by atoms with Crippen LogP contribution in [0.3, 0.4) is 0 Å². The van der Waals surface area contributed by atoms with Crippen molar-refractivity contribution in [3.63, 3.8) is 0 Å². The Hall–Kier alpha value is -2.54. The molecule has 0 N–H and O–H groups in total. The highest BCUT2D eigenvalue weighted by Gasteiger charge is 2.32. The van der Waals surface area contributed by atoms with Crippen LogP contribution in [0.4, 0.5) is 14.5 Å². The van der Waals surface area contributed by atoms with Crippen LogP contribution in [-0.2, 0) is 9.84 Å². The summed E-state index contributed by atoms with van der Waals surface area (Å²) < 4.78 is 50.5. The van der Waals surface area contributed by atoms with Crippen LogP contribution < -0.4 is 4.90 Å². The first kappa shape index (κ1) is 16.3. The average Bonchev–Trinajstić information content (AvgIpc) is 2.89. The van der Waals surface area contributed by atoms with Crippen LogP contribution >= 0.6 is 0 Å². The van der Waals surface area contributed by atoms with Crippen LogP contribution in [0.15, 0.2) is 60.0 Å². The lowest BCUT2D eigenvalue weighted by Gasteiger charge is -2.28. The highest BCUT2D eigenvalue weighted by Crippen LogP contribution is 2.26. The topological polar surface area (TPSA) is 54.5 Å². The first-order valence-corrected chi connectivity index (χ1v) is 8.83. The fourth-order valence-corrected chi connectivity index (χ4v) is 3.81. The van der Waals surface area contributed by atoms with Gasteiger partial charge in [0.2, 0.25) is 0 Å². The van der Waals surface area contributed by atoms with Crippen LogP contribution in [0.25, 0.3) is 0 Å². The molecule has 0 bridgehead atoms. The quantitative estimate of drug-likeness (QED) is 0.856. The zero-order valence-electron chi connectivity index (χ0n) is 12.4. The zero-order valence-corrected chi connectivity index (χ0v) is 13.2. The molecule has 0 unspecified atom stereocenters. The van der Waals surface area contributed by atoms with E-state index in [0.29, 0.717) is 0 Å². The summed E-state index contributed by atoms with van der Waals surface area (Å²) in [6.45, 7) is 0. The summed E-state index contributed by atoms with van der Waals surface area (Å²) in [5, 5.41) is 1.03. The predicted molar refractivity (Wildman–Crippen MR) is 86.3 cm³/mol. The molecule has 7 heteroatoms. The number of hydrogen-bond acceptors (Lipinski definition) is 3. The summed E-state index contributed by atoms with van der Waals surface area (Å²) in [6, 6.07) is 9.67. The molecule has 2 aromatic carbocycles. The fraction of sp³-hybridized carbons (Fsp3) is 0.118. The van der Waals surface area contributed by atoms with Crippen molar-refractivity contribution in [2.75, 3.05) is 10.7 Å². The largest absolute Gasteiger partial charge is 0.300 e. The van der Waals surface area contributed by atoms with Gasteiger partial charge in [-0.25, -0.2) is 17.2 Å². The summed E-state index contributed by atoms with van der Waals surface area (Å²) in [5.74, 6) is -2.19. The SMILES string of the molecule is O=C(c1ccccc1F)N(c1ccc(F)cc1)[C@H]1C=CS(=O)(=O)C1. The van der Waals surface area contributed by atoms with Gasteiger partial charge >= 0.3 is 0 Å². The Bertz CT molecular complexity index is 908. The molecule has 124 valence electrons. The number of benzene rings is 2. The van der Waals surface area contributed by atoms with Crippen LogP contribution in [0.5, 0.6) is 0 Å². The highest BCUT2D eigenvalue weighted by molar-refractivity contribution is 7.94. The van der Waals surface area contributed by atoms with Crippen molar-refractivity contribution in [2.24, 2.45) is 0 Å². The molecule has 0 fully saturated rings. The van der Waals surface area contributed by atoms with E-state index in [1.807, 2.05) is 0 Å². The summed E-state index contributed by atoms with van der Waals surface area (Å²) in [7, 11) is -3.42. The van der Waals surface area contributed by atoms with Gasteiger partial charge in [0.1, 0.15) is 11.6 Å². The van der Waals surface area contributed by atoms with E-state index >= 15 is 0 Å². The van der Waals surface area contributed by atoms with Crippen molar-refractivity contribution in [3.8, 4) is 0 Å². The third kappa shape index (κ3) is 3.21. The second kappa shape index (κ2) is 6.16. The summed E-state index contributed by atoms with van der Waals surface area (Å²) in [5.41, 5.74) is 0.107. The van der Waals surface area contributed by atoms with Gasteiger partial charge in [-0.3, -0.25) is 4.79 Å². The number of anilines is 1. The van der Waals surface area contributed by atoms with Gasteiger partial charge in [0.25, 0.3) is 5.91 Å². The van der Waals surface area contributed by atoms with E-state index in [-0.39, 0.29) is 17.0 Å². The maximum Gasteiger partial charge on any atom is 0.261 e. The number of rotatable bonds is 3. The van der Waals surface area contributed by atoms with Gasteiger partial charge in [-0.15, -0.1) is 0 Å². The van der Waals surface area contributed by atoms with Crippen LogP contribution in [0, 0.1) is 11.6 Å². The van der Waals surface area contributed by atoms with Crippen LogP contribution in [0.2, 0.25) is 0 Å². The molecule has 0 aromatic heterocycles. The second-order valence-electron chi connectivity index (χ2n) is 5.36. The van der Waals surface area contributed by atoms with Gasteiger partial charge in [-0.2, -0.15) is 0 Å². The first-order chi connectivity index (χ1) is 11.4. The number of carbonyl (C=O) groups is 1. The standard InChI is InChI=1S/C17H13F2NO3S/c18-12-5-7-13(8-6-12)20(14-9-10-24(22,23)11-14)17(21)15-3-1-2-4-16(15)19/h1-10,14H,11H2/t14-/m0/s1. The van der Waals surface area contributed by atoms with E-state index in [9.17, 15) is 22.0 Å². The van der Waals surface area contributed by atoms with E-state index < -0.39 is 33.4 Å². The Morgan fingerprint density at radius 2 is 1.71 bits per heavy atom. The third-order valence-corrected chi connectivity index (χ3v) is 5.05. The number of nitrogens with zero attached hydrogens (tertiary/aromatic N) is 1. The molecule has 0 spiro atoms. The van der Waals surface area contributed by atoms with Crippen LogP contribution in [0.1, 0.15) is 10.4 Å². The van der Waals surface area contributed by atoms with Crippen molar-refractivity contribution in [1.82, 2.24) is 0 Å². The van der Waals surface area contributed by atoms with Gasteiger partial charge in [0.15, 0.2) is 9.84 Å². The van der Waals surface area contributed by atoms with Gasteiger partial charge < -0.3 is 4.90 Å². The van der Waals surface area contributed by atoms with Gasteiger partial charge in [0, 0.05) is 11.1 Å². The van der Waals surface area contributed by atoms with Crippen LogP contribution in [-0.4, -0.2) is 26.1 Å². The van der Waals surface area contributed by atoms with Crippen molar-refractivity contribution in [1.29, 1.82) is 0 Å². The number of halogens is 2. The highest BCUT2D eigenvalue weighted by atomic mass is 32.2. The third-order valence-electron chi connectivity index (χ3n) is 3.67. The smallest absolute Gasteiger partial charge is 0.261 e. The Balaban J connectivity index is 2.05. The number of amides is 1. The van der Waals surface area contributed by atoms with E-state index in [1.165, 1.54) is 41.3 Å². The maximum atomic E-state index is 14.0. The molecule has 0 radical (unpaired) electrons. The molecule has 2 aromatic rings. The lowest BCUT2D eigenvalue weighted by molar-refractivity contribution is 0.0979. The Kier molecular flexibility index (Phi) is 4.19. The lowest BCUT2D eigenvalue weighted by atomic mass is 10.1. The minimum absolute atomic E-state index is 0.181.